The average molecular weight is 410 g/mol. The lowest BCUT2D eigenvalue weighted by Crippen LogP contribution is -2.34. The third-order valence-electron chi connectivity index (χ3n) is 5.42. The first-order valence-electron chi connectivity index (χ1n) is 9.80. The van der Waals surface area contributed by atoms with Gasteiger partial charge in [0.25, 0.3) is 0 Å². The fourth-order valence-electron chi connectivity index (χ4n) is 3.78. The van der Waals surface area contributed by atoms with Gasteiger partial charge in [0, 0.05) is 18.4 Å². The summed E-state index contributed by atoms with van der Waals surface area (Å²) in [6, 6.07) is 11.8. The van der Waals surface area contributed by atoms with Gasteiger partial charge in [0.2, 0.25) is 11.8 Å². The highest BCUT2D eigenvalue weighted by Gasteiger charge is 2.36. The maximum Gasteiger partial charge on any atom is 0.227 e. The molecule has 0 aliphatic carbocycles. The Hall–Kier alpha value is -3.35. The van der Waals surface area contributed by atoms with Crippen LogP contribution in [-0.4, -0.2) is 25.5 Å². The Labute approximate surface area is 173 Å². The highest BCUT2D eigenvalue weighted by Crippen LogP contribution is 2.32. The monoisotopic (exact) mass is 410 g/mol. The van der Waals surface area contributed by atoms with Crippen LogP contribution >= 0.6 is 0 Å². The molecule has 2 atom stereocenters. The molecule has 0 radical (unpaired) electrons. The van der Waals surface area contributed by atoms with Crippen LogP contribution in [0.15, 0.2) is 46.9 Å². The molecule has 4 rings (SSSR count). The smallest absolute Gasteiger partial charge is 0.227 e. The standard InChI is InChI=1S/C23H23FN2O4/c1-13-7-8-18(17(24)9-13)26-12-16(11-21(26)27)23(28)25-14(2)20-10-15-5-4-6-19(29-3)22(15)30-20/h4-10,14,16H,11-12H2,1-3H3,(H,25,28). The second-order valence-corrected chi connectivity index (χ2v) is 7.62. The number of hydrogen-bond acceptors (Lipinski definition) is 4. The number of nitrogens with zero attached hydrogens (tertiary/aromatic N) is 1. The number of hydrogen-bond donors (Lipinski definition) is 1. The maximum atomic E-state index is 14.3. The molecule has 1 N–H and O–H groups in total. The maximum absolute atomic E-state index is 14.3. The molecule has 2 heterocycles. The van der Waals surface area contributed by atoms with Crippen LogP contribution in [0, 0.1) is 18.7 Å². The second kappa shape index (κ2) is 7.82. The predicted molar refractivity (Wildman–Crippen MR) is 111 cm³/mol. The molecule has 0 spiro atoms. The molecule has 1 saturated heterocycles. The van der Waals surface area contributed by atoms with Crippen LogP contribution in [0.4, 0.5) is 10.1 Å². The summed E-state index contributed by atoms with van der Waals surface area (Å²) in [4.78, 5) is 26.5. The molecule has 2 aromatic carbocycles. The average Bonchev–Trinajstić information content (AvgIpc) is 3.31. The Morgan fingerprint density at radius 2 is 2.10 bits per heavy atom. The Balaban J connectivity index is 1.47. The summed E-state index contributed by atoms with van der Waals surface area (Å²) < 4.78 is 25.5. The van der Waals surface area contributed by atoms with Crippen molar-refractivity contribution in [2.45, 2.75) is 26.3 Å². The van der Waals surface area contributed by atoms with Crippen LogP contribution in [0.2, 0.25) is 0 Å². The van der Waals surface area contributed by atoms with Gasteiger partial charge in [-0.2, -0.15) is 0 Å². The molecular weight excluding hydrogens is 387 g/mol. The summed E-state index contributed by atoms with van der Waals surface area (Å²) in [5.41, 5.74) is 1.60. The Morgan fingerprint density at radius 3 is 2.83 bits per heavy atom. The molecule has 2 unspecified atom stereocenters. The third-order valence-corrected chi connectivity index (χ3v) is 5.42. The summed E-state index contributed by atoms with van der Waals surface area (Å²) >= 11 is 0. The zero-order valence-electron chi connectivity index (χ0n) is 17.1. The van der Waals surface area contributed by atoms with Crippen molar-refractivity contribution in [3.05, 3.63) is 59.6 Å². The van der Waals surface area contributed by atoms with Crippen molar-refractivity contribution in [3.63, 3.8) is 0 Å². The van der Waals surface area contributed by atoms with E-state index in [0.717, 1.165) is 10.9 Å². The number of benzene rings is 2. The predicted octanol–water partition coefficient (Wildman–Crippen LogP) is 4.12. The quantitative estimate of drug-likeness (QED) is 0.687. The van der Waals surface area contributed by atoms with Crippen molar-refractivity contribution >= 4 is 28.5 Å². The first-order chi connectivity index (χ1) is 14.4. The number of rotatable bonds is 5. The number of amides is 2. The van der Waals surface area contributed by atoms with Crippen molar-refractivity contribution in [2.75, 3.05) is 18.6 Å². The van der Waals surface area contributed by atoms with Gasteiger partial charge in [-0.25, -0.2) is 4.39 Å². The minimum absolute atomic E-state index is 0.0415. The van der Waals surface area contributed by atoms with Crippen LogP contribution in [0.5, 0.6) is 5.75 Å². The molecule has 0 bridgehead atoms. The zero-order chi connectivity index (χ0) is 21.4. The van der Waals surface area contributed by atoms with Crippen molar-refractivity contribution in [2.24, 2.45) is 5.92 Å². The van der Waals surface area contributed by atoms with E-state index in [4.69, 9.17) is 9.15 Å². The fraction of sp³-hybridized carbons (Fsp3) is 0.304. The summed E-state index contributed by atoms with van der Waals surface area (Å²) in [5.74, 6) is -0.339. The van der Waals surface area contributed by atoms with Gasteiger partial charge in [-0.05, 0) is 43.7 Å². The lowest BCUT2D eigenvalue weighted by Gasteiger charge is -2.18. The number of methoxy groups -OCH3 is 1. The molecule has 30 heavy (non-hydrogen) atoms. The summed E-state index contributed by atoms with van der Waals surface area (Å²) in [6.07, 6.45) is 0.0415. The summed E-state index contributed by atoms with van der Waals surface area (Å²) in [5, 5.41) is 3.78. The van der Waals surface area contributed by atoms with Crippen molar-refractivity contribution in [1.29, 1.82) is 0 Å². The minimum atomic E-state index is -0.556. The van der Waals surface area contributed by atoms with Crippen LogP contribution in [0.1, 0.15) is 30.7 Å². The largest absolute Gasteiger partial charge is 0.493 e. The van der Waals surface area contributed by atoms with E-state index >= 15 is 0 Å². The fourth-order valence-corrected chi connectivity index (χ4v) is 3.78. The normalized spacial score (nSPS) is 17.4. The Kier molecular flexibility index (Phi) is 5.20. The first kappa shape index (κ1) is 19.9. The number of nitrogens with one attached hydrogen (secondary N) is 1. The van der Waals surface area contributed by atoms with E-state index in [1.807, 2.05) is 31.2 Å². The molecule has 3 aromatic rings. The molecule has 2 amide bonds. The second-order valence-electron chi connectivity index (χ2n) is 7.62. The van der Waals surface area contributed by atoms with E-state index in [-0.39, 0.29) is 30.5 Å². The van der Waals surface area contributed by atoms with Gasteiger partial charge < -0.3 is 19.4 Å². The number of fused-ring (bicyclic) bond motifs is 1. The number of anilines is 1. The number of para-hydroxylation sites is 1. The number of carbonyl (C=O) groups is 2. The Morgan fingerprint density at radius 1 is 1.30 bits per heavy atom. The van der Waals surface area contributed by atoms with Crippen molar-refractivity contribution in [3.8, 4) is 5.75 Å². The SMILES string of the molecule is COc1cccc2cc(C(C)NC(=O)C3CC(=O)N(c4ccc(C)cc4F)C3)oc12. The van der Waals surface area contributed by atoms with Crippen LogP contribution in [0.3, 0.4) is 0 Å². The van der Waals surface area contributed by atoms with E-state index in [0.29, 0.717) is 17.1 Å². The van der Waals surface area contributed by atoms with E-state index < -0.39 is 17.8 Å². The molecule has 7 heteroatoms. The molecule has 1 fully saturated rings. The number of halogens is 1. The van der Waals surface area contributed by atoms with E-state index in [1.54, 1.807) is 26.2 Å². The molecule has 1 aliphatic rings. The number of carbonyl (C=O) groups excluding carboxylic acids is 2. The summed E-state index contributed by atoms with van der Waals surface area (Å²) in [7, 11) is 1.57. The zero-order valence-corrected chi connectivity index (χ0v) is 17.1. The van der Waals surface area contributed by atoms with Crippen LogP contribution in [0.25, 0.3) is 11.0 Å². The number of aryl methyl sites for hydroxylation is 1. The number of ether oxygens (including phenoxy) is 1. The Bertz CT molecular complexity index is 1120. The summed E-state index contributed by atoms with van der Waals surface area (Å²) in [6.45, 7) is 3.74. The molecule has 0 saturated carbocycles. The molecule has 1 aromatic heterocycles. The highest BCUT2D eigenvalue weighted by atomic mass is 19.1. The lowest BCUT2D eigenvalue weighted by atomic mass is 10.1. The topological polar surface area (TPSA) is 71.8 Å². The van der Waals surface area contributed by atoms with Gasteiger partial charge in [0.05, 0.1) is 24.8 Å². The molecule has 6 nitrogen and oxygen atoms in total. The van der Waals surface area contributed by atoms with Crippen molar-refractivity contribution < 1.29 is 23.1 Å². The van der Waals surface area contributed by atoms with Gasteiger partial charge in [0.15, 0.2) is 11.3 Å². The van der Waals surface area contributed by atoms with Gasteiger partial charge in [-0.15, -0.1) is 0 Å². The lowest BCUT2D eigenvalue weighted by molar-refractivity contribution is -0.127. The van der Waals surface area contributed by atoms with Crippen LogP contribution in [-0.2, 0) is 9.59 Å². The van der Waals surface area contributed by atoms with E-state index in [9.17, 15) is 14.0 Å². The third kappa shape index (κ3) is 3.63. The molecule has 1 aliphatic heterocycles. The van der Waals surface area contributed by atoms with Gasteiger partial charge in [-0.1, -0.05) is 18.2 Å². The highest BCUT2D eigenvalue weighted by molar-refractivity contribution is 6.00. The van der Waals surface area contributed by atoms with Gasteiger partial charge >= 0.3 is 0 Å². The van der Waals surface area contributed by atoms with Crippen molar-refractivity contribution in [1.82, 2.24) is 5.32 Å². The first-order valence-corrected chi connectivity index (χ1v) is 9.80. The van der Waals surface area contributed by atoms with Crippen LogP contribution < -0.4 is 15.0 Å². The molecular formula is C23H23FN2O4. The van der Waals surface area contributed by atoms with E-state index in [1.165, 1.54) is 11.0 Å². The minimum Gasteiger partial charge on any atom is -0.493 e. The molecule has 156 valence electrons. The van der Waals surface area contributed by atoms with E-state index in [2.05, 4.69) is 5.32 Å². The van der Waals surface area contributed by atoms with Gasteiger partial charge in [0.1, 0.15) is 11.6 Å². The van der Waals surface area contributed by atoms with Gasteiger partial charge in [-0.3, -0.25) is 9.59 Å². The number of furan rings is 1.